The van der Waals surface area contributed by atoms with Crippen LogP contribution in [0.1, 0.15) is 32.2 Å². The number of aliphatic hydroxyl groups excluding tert-OH is 1. The maximum absolute atomic E-state index is 10.7. The highest BCUT2D eigenvalue weighted by Crippen LogP contribution is 2.17. The van der Waals surface area contributed by atoms with Crippen molar-refractivity contribution >= 4 is 17.8 Å². The van der Waals surface area contributed by atoms with Gasteiger partial charge in [0.1, 0.15) is 12.3 Å². The summed E-state index contributed by atoms with van der Waals surface area (Å²) in [6.07, 6.45) is 2.59. The summed E-state index contributed by atoms with van der Waals surface area (Å²) < 4.78 is 1.18. The fourth-order valence-corrected chi connectivity index (χ4v) is 1.22. The highest BCUT2D eigenvalue weighted by molar-refractivity contribution is 5.91. The molecule has 100 valence electrons. The highest BCUT2D eigenvalue weighted by Gasteiger charge is 2.22. The van der Waals surface area contributed by atoms with E-state index in [1.165, 1.54) is 30.7 Å². The van der Waals surface area contributed by atoms with Crippen molar-refractivity contribution in [1.29, 1.82) is 0 Å². The van der Waals surface area contributed by atoms with Crippen LogP contribution in [0.15, 0.2) is 6.08 Å². The summed E-state index contributed by atoms with van der Waals surface area (Å²) in [5.41, 5.74) is 0.524. The maximum Gasteiger partial charge on any atom is 0.435 e. The lowest BCUT2D eigenvalue weighted by atomic mass is 10.3. The third-order valence-electron chi connectivity index (χ3n) is 2.01. The summed E-state index contributed by atoms with van der Waals surface area (Å²) >= 11 is 0. The Morgan fingerprint density at radius 1 is 1.56 bits per heavy atom. The van der Waals surface area contributed by atoms with Gasteiger partial charge in [0.2, 0.25) is 0 Å². The van der Waals surface area contributed by atoms with Gasteiger partial charge in [-0.05, 0) is 24.0 Å². The van der Waals surface area contributed by atoms with E-state index < -0.39 is 4.92 Å². The number of hydrogen-bond acceptors (Lipinski definition) is 5. The minimum Gasteiger partial charge on any atom is -0.390 e. The van der Waals surface area contributed by atoms with E-state index in [0.717, 1.165) is 0 Å². The SMILES string of the molecule is CC.CC(=O)/C=C/c1nc([N+](=O)[O-])n(C)c1CO. The van der Waals surface area contributed by atoms with Crippen molar-refractivity contribution in [2.75, 3.05) is 0 Å². The summed E-state index contributed by atoms with van der Waals surface area (Å²) in [6.45, 7) is 4.97. The van der Waals surface area contributed by atoms with Crippen molar-refractivity contribution in [2.45, 2.75) is 27.4 Å². The van der Waals surface area contributed by atoms with E-state index in [2.05, 4.69) is 4.98 Å². The van der Waals surface area contributed by atoms with Gasteiger partial charge in [0.05, 0.1) is 7.05 Å². The van der Waals surface area contributed by atoms with Gasteiger partial charge in [0, 0.05) is 0 Å². The third kappa shape index (κ3) is 3.77. The number of hydrogen-bond donors (Lipinski definition) is 1. The first-order valence-corrected chi connectivity index (χ1v) is 5.46. The van der Waals surface area contributed by atoms with Gasteiger partial charge in [0.25, 0.3) is 0 Å². The van der Waals surface area contributed by atoms with E-state index in [4.69, 9.17) is 5.11 Å². The zero-order valence-corrected chi connectivity index (χ0v) is 10.9. The molecule has 0 bridgehead atoms. The quantitative estimate of drug-likeness (QED) is 0.498. The molecular formula is C11H17N3O4. The second-order valence-electron chi connectivity index (χ2n) is 3.16. The van der Waals surface area contributed by atoms with Crippen LogP contribution < -0.4 is 0 Å². The van der Waals surface area contributed by atoms with Gasteiger partial charge < -0.3 is 15.2 Å². The number of aliphatic hydroxyl groups is 1. The Morgan fingerprint density at radius 2 is 2.11 bits per heavy atom. The Balaban J connectivity index is 0.00000137. The zero-order valence-electron chi connectivity index (χ0n) is 10.9. The summed E-state index contributed by atoms with van der Waals surface area (Å²) in [4.78, 5) is 24.4. The number of allylic oxidation sites excluding steroid dienone is 1. The average molecular weight is 255 g/mol. The Kier molecular flexibility index (Phi) is 6.51. The van der Waals surface area contributed by atoms with Crippen molar-refractivity contribution in [3.8, 4) is 0 Å². The van der Waals surface area contributed by atoms with E-state index in [9.17, 15) is 14.9 Å². The monoisotopic (exact) mass is 255 g/mol. The van der Waals surface area contributed by atoms with E-state index in [1.807, 2.05) is 13.8 Å². The fourth-order valence-electron chi connectivity index (χ4n) is 1.22. The van der Waals surface area contributed by atoms with Gasteiger partial charge >= 0.3 is 5.95 Å². The van der Waals surface area contributed by atoms with Gasteiger partial charge in [-0.15, -0.1) is 0 Å². The minimum absolute atomic E-state index is 0.197. The summed E-state index contributed by atoms with van der Waals surface area (Å²) in [6, 6.07) is 0. The second kappa shape index (κ2) is 7.33. The third-order valence-corrected chi connectivity index (χ3v) is 2.01. The van der Waals surface area contributed by atoms with Crippen LogP contribution in [0.2, 0.25) is 0 Å². The number of rotatable bonds is 4. The molecule has 0 aliphatic heterocycles. The molecule has 1 aromatic heterocycles. The predicted molar refractivity (Wildman–Crippen MR) is 66.8 cm³/mol. The molecule has 0 atom stereocenters. The summed E-state index contributed by atoms with van der Waals surface area (Å²) in [5.74, 6) is -0.565. The van der Waals surface area contributed by atoms with E-state index in [0.29, 0.717) is 5.69 Å². The molecule has 7 nitrogen and oxygen atoms in total. The molecule has 0 unspecified atom stereocenters. The molecule has 0 spiro atoms. The van der Waals surface area contributed by atoms with Crippen LogP contribution in [0.25, 0.3) is 6.08 Å². The van der Waals surface area contributed by atoms with Crippen molar-refractivity contribution in [1.82, 2.24) is 9.55 Å². The second-order valence-corrected chi connectivity index (χ2v) is 3.16. The van der Waals surface area contributed by atoms with E-state index in [-0.39, 0.29) is 24.0 Å². The molecule has 1 N–H and O–H groups in total. The molecule has 0 saturated carbocycles. The largest absolute Gasteiger partial charge is 0.435 e. The van der Waals surface area contributed by atoms with Crippen LogP contribution in [0.5, 0.6) is 0 Å². The predicted octanol–water partition coefficient (Wildman–Crippen LogP) is 1.45. The zero-order chi connectivity index (χ0) is 14.3. The molecule has 0 radical (unpaired) electrons. The molecule has 18 heavy (non-hydrogen) atoms. The van der Waals surface area contributed by atoms with Crippen molar-refractivity contribution in [2.24, 2.45) is 7.05 Å². The smallest absolute Gasteiger partial charge is 0.390 e. The van der Waals surface area contributed by atoms with Crippen LogP contribution in [0.3, 0.4) is 0 Å². The Labute approximate surface area is 105 Å². The van der Waals surface area contributed by atoms with E-state index >= 15 is 0 Å². The van der Waals surface area contributed by atoms with Crippen molar-refractivity contribution in [3.05, 3.63) is 27.6 Å². The lowest BCUT2D eigenvalue weighted by Crippen LogP contribution is -2.01. The van der Waals surface area contributed by atoms with Crippen LogP contribution in [0.4, 0.5) is 5.95 Å². The highest BCUT2D eigenvalue weighted by atomic mass is 16.6. The molecule has 0 aromatic carbocycles. The van der Waals surface area contributed by atoms with Gasteiger partial charge in [-0.1, -0.05) is 18.8 Å². The molecular weight excluding hydrogens is 238 g/mol. The number of ketones is 1. The number of nitro groups is 1. The first-order valence-electron chi connectivity index (χ1n) is 5.46. The van der Waals surface area contributed by atoms with Crippen LogP contribution in [-0.4, -0.2) is 25.4 Å². The number of nitrogens with zero attached hydrogens (tertiary/aromatic N) is 3. The molecule has 0 amide bonds. The first kappa shape index (κ1) is 16.0. The molecule has 7 heteroatoms. The van der Waals surface area contributed by atoms with Gasteiger partial charge in [-0.25, -0.2) is 4.57 Å². The van der Waals surface area contributed by atoms with Crippen LogP contribution in [-0.2, 0) is 18.4 Å². The average Bonchev–Trinajstić information content (AvgIpc) is 2.65. The fraction of sp³-hybridized carbons (Fsp3) is 0.455. The molecule has 1 heterocycles. The maximum atomic E-state index is 10.7. The Bertz CT molecular complexity index is 463. The van der Waals surface area contributed by atoms with Gasteiger partial charge in [-0.2, -0.15) is 0 Å². The normalized spacial score (nSPS) is 10.1. The molecule has 0 fully saturated rings. The minimum atomic E-state index is -0.649. The number of carbonyl (C=O) groups is 1. The Morgan fingerprint density at radius 3 is 2.50 bits per heavy atom. The van der Waals surface area contributed by atoms with Gasteiger partial charge in [0.15, 0.2) is 11.5 Å². The standard InChI is InChI=1S/C9H11N3O4.C2H6/c1-6(14)3-4-7-8(5-13)11(2)9(10-7)12(15)16;1-2/h3-4,13H,5H2,1-2H3;1-2H3/b4-3+;. The van der Waals surface area contributed by atoms with Gasteiger partial charge in [-0.3, -0.25) is 4.79 Å². The van der Waals surface area contributed by atoms with Crippen LogP contribution >= 0.6 is 0 Å². The lowest BCUT2D eigenvalue weighted by Gasteiger charge is -1.95. The summed E-state index contributed by atoms with van der Waals surface area (Å²) in [7, 11) is 1.43. The lowest BCUT2D eigenvalue weighted by molar-refractivity contribution is -0.396. The Hall–Kier alpha value is -2.02. The first-order chi connectivity index (χ1) is 8.47. The molecule has 1 rings (SSSR count). The molecule has 0 aliphatic rings. The van der Waals surface area contributed by atoms with Crippen molar-refractivity contribution in [3.63, 3.8) is 0 Å². The molecule has 0 saturated heterocycles. The topological polar surface area (TPSA) is 98.3 Å². The van der Waals surface area contributed by atoms with Crippen molar-refractivity contribution < 1.29 is 14.8 Å². The van der Waals surface area contributed by atoms with Crippen LogP contribution in [0, 0.1) is 10.1 Å². The number of imidazole rings is 1. The summed E-state index contributed by atoms with van der Waals surface area (Å²) in [5, 5.41) is 19.6. The van der Waals surface area contributed by atoms with E-state index in [1.54, 1.807) is 0 Å². The number of carbonyl (C=O) groups excluding carboxylic acids is 1. The number of aromatic nitrogens is 2. The molecule has 0 aliphatic carbocycles. The molecule has 1 aromatic rings.